The lowest BCUT2D eigenvalue weighted by Crippen LogP contribution is -2.26. The van der Waals surface area contributed by atoms with Crippen molar-refractivity contribution in [1.29, 1.82) is 0 Å². The maximum absolute atomic E-state index is 13.5. The first kappa shape index (κ1) is 15.0. The summed E-state index contributed by atoms with van der Waals surface area (Å²) >= 11 is 7.25. The Labute approximate surface area is 125 Å². The van der Waals surface area contributed by atoms with Gasteiger partial charge in [0.2, 0.25) is 0 Å². The van der Waals surface area contributed by atoms with Crippen LogP contribution in [-0.4, -0.2) is 17.6 Å². The molecule has 0 fully saturated rings. The number of amides is 1. The number of carbonyl (C=O) groups is 1. The predicted octanol–water partition coefficient (Wildman–Crippen LogP) is 3.39. The Morgan fingerprint density at radius 1 is 1.40 bits per heavy atom. The molecule has 0 aliphatic heterocycles. The number of nitrogens with one attached hydrogen (secondary N) is 1. The summed E-state index contributed by atoms with van der Waals surface area (Å²) in [5.41, 5.74) is -0.167. The van der Waals surface area contributed by atoms with Gasteiger partial charge in [0.05, 0.1) is 16.7 Å². The molecule has 0 spiro atoms. The first-order chi connectivity index (χ1) is 9.59. The Hall–Kier alpha value is -1.43. The molecule has 1 aromatic heterocycles. The van der Waals surface area contributed by atoms with Crippen molar-refractivity contribution in [3.63, 3.8) is 0 Å². The van der Waals surface area contributed by atoms with Crippen molar-refractivity contribution in [2.45, 2.75) is 12.5 Å². The lowest BCUT2D eigenvalue weighted by Gasteiger charge is -2.10. The molecule has 2 aromatic rings. The maximum Gasteiger partial charge on any atom is 0.255 e. The minimum Gasteiger partial charge on any atom is -0.388 e. The molecule has 1 unspecified atom stereocenters. The average Bonchev–Trinajstić information content (AvgIpc) is 2.92. The third kappa shape index (κ3) is 3.56. The SMILES string of the molecule is O=C(NCCC(O)c1cccs1)c1c(F)cccc1Cl. The molecule has 3 nitrogen and oxygen atoms in total. The minimum absolute atomic E-state index is 0.0707. The second-order valence-corrected chi connectivity index (χ2v) is 5.56. The van der Waals surface area contributed by atoms with Crippen LogP contribution in [0.2, 0.25) is 5.02 Å². The summed E-state index contributed by atoms with van der Waals surface area (Å²) < 4.78 is 13.5. The normalized spacial score (nSPS) is 12.2. The van der Waals surface area contributed by atoms with Gasteiger partial charge in [-0.3, -0.25) is 4.79 Å². The Kier molecular flexibility index (Phi) is 5.11. The minimum atomic E-state index is -0.659. The fraction of sp³-hybridized carbons (Fsp3) is 0.214. The first-order valence-electron chi connectivity index (χ1n) is 6.03. The third-order valence-corrected chi connectivity index (χ3v) is 4.05. The highest BCUT2D eigenvalue weighted by molar-refractivity contribution is 7.10. The summed E-state index contributed by atoms with van der Waals surface area (Å²) in [5, 5.41) is 14.4. The number of carbonyl (C=O) groups excluding carboxylic acids is 1. The molecule has 1 aromatic carbocycles. The van der Waals surface area contributed by atoms with E-state index in [1.807, 2.05) is 17.5 Å². The standard InChI is InChI=1S/C14H13ClFNO2S/c15-9-3-1-4-10(16)13(9)14(19)17-7-6-11(18)12-5-2-8-20-12/h1-5,8,11,18H,6-7H2,(H,17,19). The molecule has 2 rings (SSSR count). The van der Waals surface area contributed by atoms with Crippen molar-refractivity contribution < 1.29 is 14.3 Å². The van der Waals surface area contributed by atoms with Crippen LogP contribution in [0.5, 0.6) is 0 Å². The summed E-state index contributed by atoms with van der Waals surface area (Å²) in [6.07, 6.45) is -0.274. The lowest BCUT2D eigenvalue weighted by molar-refractivity contribution is 0.0939. The molecule has 0 radical (unpaired) electrons. The van der Waals surface area contributed by atoms with E-state index < -0.39 is 17.8 Å². The molecule has 2 N–H and O–H groups in total. The Morgan fingerprint density at radius 2 is 2.20 bits per heavy atom. The van der Waals surface area contributed by atoms with Gasteiger partial charge in [-0.05, 0) is 30.0 Å². The summed E-state index contributed by atoms with van der Waals surface area (Å²) in [4.78, 5) is 12.7. The van der Waals surface area contributed by atoms with Crippen LogP contribution in [0, 0.1) is 5.82 Å². The number of rotatable bonds is 5. The molecular formula is C14H13ClFNO2S. The molecule has 1 atom stereocenters. The van der Waals surface area contributed by atoms with Gasteiger partial charge >= 0.3 is 0 Å². The third-order valence-electron chi connectivity index (χ3n) is 2.76. The van der Waals surface area contributed by atoms with Gasteiger partial charge in [0.1, 0.15) is 5.82 Å². The van der Waals surface area contributed by atoms with Gasteiger partial charge in [0.25, 0.3) is 5.91 Å². The quantitative estimate of drug-likeness (QED) is 0.889. The molecule has 6 heteroatoms. The van der Waals surface area contributed by atoms with E-state index in [1.165, 1.54) is 29.5 Å². The van der Waals surface area contributed by atoms with Crippen molar-refractivity contribution in [3.8, 4) is 0 Å². The Bertz CT molecular complexity index is 569. The largest absolute Gasteiger partial charge is 0.388 e. The van der Waals surface area contributed by atoms with Crippen molar-refractivity contribution in [1.82, 2.24) is 5.32 Å². The Balaban J connectivity index is 1.90. The van der Waals surface area contributed by atoms with Gasteiger partial charge in [-0.1, -0.05) is 23.7 Å². The number of thiophene rings is 1. The average molecular weight is 314 g/mol. The highest BCUT2D eigenvalue weighted by Crippen LogP contribution is 2.21. The van der Waals surface area contributed by atoms with Crippen LogP contribution in [-0.2, 0) is 0 Å². The highest BCUT2D eigenvalue weighted by atomic mass is 35.5. The summed E-state index contributed by atoms with van der Waals surface area (Å²) in [6, 6.07) is 7.75. The van der Waals surface area contributed by atoms with Crippen LogP contribution in [0.4, 0.5) is 4.39 Å². The zero-order chi connectivity index (χ0) is 14.5. The molecule has 106 valence electrons. The van der Waals surface area contributed by atoms with Crippen molar-refractivity contribution in [3.05, 3.63) is 57.0 Å². The highest BCUT2D eigenvalue weighted by Gasteiger charge is 2.16. The maximum atomic E-state index is 13.5. The summed E-state index contributed by atoms with van der Waals surface area (Å²) in [7, 11) is 0. The van der Waals surface area contributed by atoms with E-state index in [0.29, 0.717) is 6.42 Å². The van der Waals surface area contributed by atoms with Crippen molar-refractivity contribution >= 4 is 28.8 Å². The second kappa shape index (κ2) is 6.83. The van der Waals surface area contributed by atoms with Crippen LogP contribution in [0.3, 0.4) is 0 Å². The molecule has 20 heavy (non-hydrogen) atoms. The summed E-state index contributed by atoms with van der Waals surface area (Å²) in [6.45, 7) is 0.239. The van der Waals surface area contributed by atoms with Gasteiger partial charge in [-0.15, -0.1) is 11.3 Å². The molecule has 0 saturated carbocycles. The van der Waals surface area contributed by atoms with Crippen LogP contribution in [0.1, 0.15) is 27.8 Å². The van der Waals surface area contributed by atoms with Crippen LogP contribution >= 0.6 is 22.9 Å². The van der Waals surface area contributed by atoms with Crippen LogP contribution < -0.4 is 5.32 Å². The smallest absolute Gasteiger partial charge is 0.255 e. The molecule has 0 bridgehead atoms. The fourth-order valence-electron chi connectivity index (χ4n) is 1.75. The monoisotopic (exact) mass is 313 g/mol. The van der Waals surface area contributed by atoms with Crippen molar-refractivity contribution in [2.75, 3.05) is 6.54 Å². The number of hydrogen-bond acceptors (Lipinski definition) is 3. The number of aliphatic hydroxyl groups is 1. The Morgan fingerprint density at radius 3 is 2.85 bits per heavy atom. The zero-order valence-electron chi connectivity index (χ0n) is 10.5. The van der Waals surface area contributed by atoms with E-state index in [4.69, 9.17) is 11.6 Å². The van der Waals surface area contributed by atoms with Gasteiger partial charge in [-0.25, -0.2) is 4.39 Å². The van der Waals surface area contributed by atoms with Crippen LogP contribution in [0.25, 0.3) is 0 Å². The fourth-order valence-corrected chi connectivity index (χ4v) is 2.74. The zero-order valence-corrected chi connectivity index (χ0v) is 12.0. The number of benzene rings is 1. The topological polar surface area (TPSA) is 49.3 Å². The first-order valence-corrected chi connectivity index (χ1v) is 7.29. The van der Waals surface area contributed by atoms with E-state index in [1.54, 1.807) is 0 Å². The van der Waals surface area contributed by atoms with Gasteiger partial charge < -0.3 is 10.4 Å². The second-order valence-electron chi connectivity index (χ2n) is 4.17. The summed E-state index contributed by atoms with van der Waals surface area (Å²) in [5.74, 6) is -1.24. The van der Waals surface area contributed by atoms with Crippen LogP contribution in [0.15, 0.2) is 35.7 Å². The molecule has 0 saturated heterocycles. The molecular weight excluding hydrogens is 301 g/mol. The molecule has 1 amide bonds. The van der Waals surface area contributed by atoms with E-state index >= 15 is 0 Å². The lowest BCUT2D eigenvalue weighted by atomic mass is 10.2. The number of halogens is 2. The van der Waals surface area contributed by atoms with E-state index in [-0.39, 0.29) is 17.1 Å². The number of hydrogen-bond donors (Lipinski definition) is 2. The molecule has 0 aliphatic carbocycles. The van der Waals surface area contributed by atoms with Crippen molar-refractivity contribution in [2.24, 2.45) is 0 Å². The van der Waals surface area contributed by atoms with E-state index in [9.17, 15) is 14.3 Å². The molecule has 1 heterocycles. The van der Waals surface area contributed by atoms with Gasteiger partial charge in [-0.2, -0.15) is 0 Å². The molecule has 0 aliphatic rings. The predicted molar refractivity (Wildman–Crippen MR) is 77.6 cm³/mol. The van der Waals surface area contributed by atoms with Gasteiger partial charge in [0.15, 0.2) is 0 Å². The van der Waals surface area contributed by atoms with Gasteiger partial charge in [0, 0.05) is 11.4 Å². The van der Waals surface area contributed by atoms with E-state index in [0.717, 1.165) is 4.88 Å². The number of aliphatic hydroxyl groups excluding tert-OH is 1. The van der Waals surface area contributed by atoms with E-state index in [2.05, 4.69) is 5.32 Å².